The topological polar surface area (TPSA) is 29.9 Å². The maximum absolute atomic E-state index is 4.56. The Kier molecular flexibility index (Phi) is 6.09. The van der Waals surface area contributed by atoms with Crippen molar-refractivity contribution in [3.8, 4) is 0 Å². The van der Waals surface area contributed by atoms with Crippen molar-refractivity contribution in [2.45, 2.75) is 65.5 Å². The van der Waals surface area contributed by atoms with E-state index in [1.165, 1.54) is 35.8 Å². The van der Waals surface area contributed by atoms with Crippen LogP contribution in [0.25, 0.3) is 0 Å². The first-order valence-electron chi connectivity index (χ1n) is 8.13. The zero-order valence-electron chi connectivity index (χ0n) is 13.0. The average Bonchev–Trinajstić information content (AvgIpc) is 3.00. The van der Waals surface area contributed by atoms with Gasteiger partial charge < -0.3 is 5.32 Å². The van der Waals surface area contributed by atoms with Gasteiger partial charge in [-0.25, -0.2) is 0 Å². The summed E-state index contributed by atoms with van der Waals surface area (Å²) in [6.07, 6.45) is 8.35. The molecule has 0 amide bonds. The number of halogens is 1. The van der Waals surface area contributed by atoms with E-state index in [-0.39, 0.29) is 0 Å². The first-order chi connectivity index (χ1) is 9.69. The molecule has 1 heterocycles. The molecule has 4 heteroatoms. The Labute approximate surface area is 131 Å². The summed E-state index contributed by atoms with van der Waals surface area (Å²) in [5.41, 5.74) is 1.36. The maximum atomic E-state index is 4.56. The number of aromatic nitrogens is 2. The molecule has 3 unspecified atom stereocenters. The first-order valence-corrected chi connectivity index (χ1v) is 8.92. The Morgan fingerprint density at radius 2 is 2.20 bits per heavy atom. The van der Waals surface area contributed by atoms with Crippen molar-refractivity contribution >= 4 is 15.9 Å². The highest BCUT2D eigenvalue weighted by atomic mass is 79.9. The molecule has 3 atom stereocenters. The third-order valence-corrected chi connectivity index (χ3v) is 5.14. The van der Waals surface area contributed by atoms with Crippen LogP contribution in [0.5, 0.6) is 0 Å². The van der Waals surface area contributed by atoms with Crippen molar-refractivity contribution in [1.29, 1.82) is 0 Å². The van der Waals surface area contributed by atoms with Gasteiger partial charge in [-0.2, -0.15) is 5.10 Å². The number of nitrogens with zero attached hydrogens (tertiary/aromatic N) is 2. The molecule has 1 fully saturated rings. The minimum Gasteiger partial charge on any atom is -0.308 e. The van der Waals surface area contributed by atoms with Crippen LogP contribution >= 0.6 is 15.9 Å². The van der Waals surface area contributed by atoms with Crippen LogP contribution in [0.15, 0.2) is 10.7 Å². The van der Waals surface area contributed by atoms with Gasteiger partial charge in [0.2, 0.25) is 0 Å². The lowest BCUT2D eigenvalue weighted by atomic mass is 9.88. The minimum absolute atomic E-state index is 0.441. The predicted octanol–water partition coefficient (Wildman–Crippen LogP) is 4.53. The Morgan fingerprint density at radius 1 is 1.40 bits per heavy atom. The fraction of sp³-hybridized carbons (Fsp3) is 0.812. The monoisotopic (exact) mass is 341 g/mol. The van der Waals surface area contributed by atoms with Gasteiger partial charge in [0.1, 0.15) is 0 Å². The van der Waals surface area contributed by atoms with Crippen LogP contribution in [0.1, 0.15) is 64.6 Å². The third kappa shape index (κ3) is 3.45. The van der Waals surface area contributed by atoms with Gasteiger partial charge in [-0.05, 0) is 53.6 Å². The van der Waals surface area contributed by atoms with Crippen LogP contribution in [-0.4, -0.2) is 16.3 Å². The molecule has 0 saturated heterocycles. The number of aryl methyl sites for hydroxylation is 1. The third-order valence-electron chi connectivity index (χ3n) is 4.53. The van der Waals surface area contributed by atoms with Crippen molar-refractivity contribution in [2.75, 3.05) is 6.54 Å². The lowest BCUT2D eigenvalue weighted by Crippen LogP contribution is -2.32. The van der Waals surface area contributed by atoms with Crippen LogP contribution < -0.4 is 5.32 Å². The first kappa shape index (κ1) is 16.0. The normalized spacial score (nSPS) is 24.2. The second kappa shape index (κ2) is 7.60. The van der Waals surface area contributed by atoms with Crippen LogP contribution in [0.2, 0.25) is 0 Å². The molecule has 1 aromatic heterocycles. The Hall–Kier alpha value is -0.350. The summed E-state index contributed by atoms with van der Waals surface area (Å²) in [6.45, 7) is 8.95. The molecule has 3 nitrogen and oxygen atoms in total. The second-order valence-electron chi connectivity index (χ2n) is 6.10. The van der Waals surface area contributed by atoms with Crippen LogP contribution in [0, 0.1) is 11.8 Å². The molecule has 0 aromatic carbocycles. The lowest BCUT2D eigenvalue weighted by Gasteiger charge is -2.29. The molecule has 114 valence electrons. The zero-order valence-corrected chi connectivity index (χ0v) is 14.6. The van der Waals surface area contributed by atoms with Gasteiger partial charge in [-0.1, -0.05) is 33.6 Å². The zero-order chi connectivity index (χ0) is 14.5. The Balaban J connectivity index is 2.27. The van der Waals surface area contributed by atoms with E-state index in [1.54, 1.807) is 0 Å². The molecular formula is C16H28BrN3. The van der Waals surface area contributed by atoms with Gasteiger partial charge in [-0.15, -0.1) is 0 Å². The van der Waals surface area contributed by atoms with Gasteiger partial charge in [0.15, 0.2) is 0 Å². The molecule has 1 aliphatic carbocycles. The SMILES string of the molecule is CCCNC(c1c(Br)cnn1CCC)C1CCCC1C. The van der Waals surface area contributed by atoms with E-state index < -0.39 is 0 Å². The molecular weight excluding hydrogens is 314 g/mol. The van der Waals surface area contributed by atoms with Crippen molar-refractivity contribution in [3.63, 3.8) is 0 Å². The van der Waals surface area contributed by atoms with Crippen molar-refractivity contribution in [1.82, 2.24) is 15.1 Å². The average molecular weight is 342 g/mol. The fourth-order valence-corrected chi connectivity index (χ4v) is 4.03. The molecule has 0 aliphatic heterocycles. The van der Waals surface area contributed by atoms with E-state index >= 15 is 0 Å². The minimum atomic E-state index is 0.441. The molecule has 2 rings (SSSR count). The smallest absolute Gasteiger partial charge is 0.0698 e. The van der Waals surface area contributed by atoms with Crippen LogP contribution in [0.4, 0.5) is 0 Å². The molecule has 1 saturated carbocycles. The Bertz CT molecular complexity index is 416. The lowest BCUT2D eigenvalue weighted by molar-refractivity contribution is 0.286. The largest absolute Gasteiger partial charge is 0.308 e. The number of nitrogens with one attached hydrogen (secondary N) is 1. The van der Waals surface area contributed by atoms with Gasteiger partial charge in [0.05, 0.1) is 22.4 Å². The summed E-state index contributed by atoms with van der Waals surface area (Å²) in [5, 5.41) is 8.35. The molecule has 0 radical (unpaired) electrons. The van der Waals surface area contributed by atoms with Gasteiger partial charge >= 0.3 is 0 Å². The fourth-order valence-electron chi connectivity index (χ4n) is 3.49. The quantitative estimate of drug-likeness (QED) is 0.789. The highest BCUT2D eigenvalue weighted by molar-refractivity contribution is 9.10. The van der Waals surface area contributed by atoms with Gasteiger partial charge in [-0.3, -0.25) is 4.68 Å². The Morgan fingerprint density at radius 3 is 2.80 bits per heavy atom. The summed E-state index contributed by atoms with van der Waals surface area (Å²) in [6, 6.07) is 0.441. The summed E-state index contributed by atoms with van der Waals surface area (Å²) >= 11 is 3.72. The molecule has 0 spiro atoms. The van der Waals surface area contributed by atoms with Gasteiger partial charge in [0.25, 0.3) is 0 Å². The summed E-state index contributed by atoms with van der Waals surface area (Å²) in [7, 11) is 0. The highest BCUT2D eigenvalue weighted by Crippen LogP contribution is 2.41. The van der Waals surface area contributed by atoms with Crippen molar-refractivity contribution in [2.24, 2.45) is 11.8 Å². The van der Waals surface area contributed by atoms with E-state index in [4.69, 9.17) is 0 Å². The van der Waals surface area contributed by atoms with Gasteiger partial charge in [0, 0.05) is 6.54 Å². The van der Waals surface area contributed by atoms with Crippen molar-refractivity contribution < 1.29 is 0 Å². The van der Waals surface area contributed by atoms with Crippen LogP contribution in [-0.2, 0) is 6.54 Å². The molecule has 1 N–H and O–H groups in total. The van der Waals surface area contributed by atoms with E-state index in [0.29, 0.717) is 6.04 Å². The molecule has 1 aliphatic rings. The summed E-state index contributed by atoms with van der Waals surface area (Å²) < 4.78 is 3.36. The number of rotatable bonds is 7. The number of hydrogen-bond donors (Lipinski definition) is 1. The standard InChI is InChI=1S/C16H28BrN3/c1-4-9-18-15(13-8-6-7-12(13)3)16-14(17)11-19-20(16)10-5-2/h11-13,15,18H,4-10H2,1-3H3. The molecule has 20 heavy (non-hydrogen) atoms. The van der Waals surface area contributed by atoms with E-state index in [0.717, 1.165) is 31.3 Å². The second-order valence-corrected chi connectivity index (χ2v) is 6.96. The predicted molar refractivity (Wildman–Crippen MR) is 87.8 cm³/mol. The van der Waals surface area contributed by atoms with E-state index in [2.05, 4.69) is 51.8 Å². The summed E-state index contributed by atoms with van der Waals surface area (Å²) in [5.74, 6) is 1.55. The highest BCUT2D eigenvalue weighted by Gasteiger charge is 2.34. The van der Waals surface area contributed by atoms with E-state index in [9.17, 15) is 0 Å². The molecule has 0 bridgehead atoms. The maximum Gasteiger partial charge on any atom is 0.0698 e. The van der Waals surface area contributed by atoms with Crippen LogP contribution in [0.3, 0.4) is 0 Å². The van der Waals surface area contributed by atoms with Crippen molar-refractivity contribution in [3.05, 3.63) is 16.4 Å². The number of hydrogen-bond acceptors (Lipinski definition) is 2. The molecule has 1 aromatic rings. The van der Waals surface area contributed by atoms with E-state index in [1.807, 2.05) is 6.20 Å². The summed E-state index contributed by atoms with van der Waals surface area (Å²) in [4.78, 5) is 0.